The first-order chi connectivity index (χ1) is 15.2. The van der Waals surface area contributed by atoms with Crippen LogP contribution in [0, 0.1) is 5.92 Å². The third kappa shape index (κ3) is 6.53. The van der Waals surface area contributed by atoms with Crippen molar-refractivity contribution in [1.82, 2.24) is 10.2 Å². The summed E-state index contributed by atoms with van der Waals surface area (Å²) in [6, 6.07) is 16.3. The molecule has 2 heterocycles. The second-order valence-corrected chi connectivity index (χ2v) is 8.59. The molecule has 166 valence electrons. The summed E-state index contributed by atoms with van der Waals surface area (Å²) in [5, 5.41) is 13.1. The second-order valence-electron chi connectivity index (χ2n) is 8.59. The van der Waals surface area contributed by atoms with Crippen LogP contribution in [0.4, 0.5) is 0 Å². The number of amides is 1. The molecule has 0 radical (unpaired) electrons. The van der Waals surface area contributed by atoms with Crippen molar-refractivity contribution >= 4 is 5.91 Å². The molecule has 1 saturated heterocycles. The Balaban J connectivity index is 1.15. The van der Waals surface area contributed by atoms with Crippen LogP contribution in [0.5, 0.6) is 5.75 Å². The topological polar surface area (TPSA) is 71.0 Å². The molecule has 0 unspecified atom stereocenters. The average Bonchev–Trinajstić information content (AvgIpc) is 3.19. The summed E-state index contributed by atoms with van der Waals surface area (Å²) in [5.74, 6) is 1.13. The van der Waals surface area contributed by atoms with Crippen molar-refractivity contribution in [3.05, 3.63) is 65.2 Å². The Morgan fingerprint density at radius 2 is 1.87 bits per heavy atom. The number of hydrogen-bond donors (Lipinski definition) is 2. The molecule has 0 aliphatic carbocycles. The van der Waals surface area contributed by atoms with Crippen LogP contribution < -0.4 is 10.1 Å². The van der Waals surface area contributed by atoms with Gasteiger partial charge in [-0.25, -0.2) is 0 Å². The van der Waals surface area contributed by atoms with E-state index in [2.05, 4.69) is 28.4 Å². The molecule has 0 spiro atoms. The number of fused-ring (bicyclic) bond motifs is 1. The summed E-state index contributed by atoms with van der Waals surface area (Å²) in [7, 11) is 0. The van der Waals surface area contributed by atoms with Gasteiger partial charge in [-0.1, -0.05) is 36.4 Å². The van der Waals surface area contributed by atoms with Gasteiger partial charge in [0.1, 0.15) is 5.75 Å². The molecule has 0 bridgehead atoms. The van der Waals surface area contributed by atoms with Gasteiger partial charge in [0.25, 0.3) is 5.91 Å². The maximum atomic E-state index is 12.2. The quantitative estimate of drug-likeness (QED) is 0.647. The number of rotatable bonds is 9. The van der Waals surface area contributed by atoms with E-state index in [0.717, 1.165) is 45.6 Å². The number of β-amino-alcohol motifs (C(OH)–C–C–N with tert-alkyl or cyclic N) is 1. The zero-order valence-corrected chi connectivity index (χ0v) is 18.0. The molecule has 4 rings (SSSR count). The summed E-state index contributed by atoms with van der Waals surface area (Å²) in [6.45, 7) is 4.07. The number of benzene rings is 2. The number of aliphatic hydroxyl groups is 1. The van der Waals surface area contributed by atoms with Crippen molar-refractivity contribution in [1.29, 1.82) is 0 Å². The van der Waals surface area contributed by atoms with Gasteiger partial charge in [-0.05, 0) is 54.0 Å². The Kier molecular flexibility index (Phi) is 7.57. The van der Waals surface area contributed by atoms with E-state index in [9.17, 15) is 9.90 Å². The fraction of sp³-hybridized carbons (Fsp3) is 0.480. The number of nitrogens with zero attached hydrogens (tertiary/aromatic N) is 1. The van der Waals surface area contributed by atoms with Crippen LogP contribution in [0.2, 0.25) is 0 Å². The lowest BCUT2D eigenvalue weighted by molar-refractivity contribution is -0.123. The highest BCUT2D eigenvalue weighted by Crippen LogP contribution is 2.23. The Labute approximate surface area is 184 Å². The number of nitrogens with one attached hydrogen (secondary N) is 1. The summed E-state index contributed by atoms with van der Waals surface area (Å²) in [5.41, 5.74) is 3.85. The van der Waals surface area contributed by atoms with Gasteiger partial charge < -0.3 is 19.9 Å². The zero-order chi connectivity index (χ0) is 21.5. The van der Waals surface area contributed by atoms with Crippen molar-refractivity contribution in [3.8, 4) is 5.75 Å². The van der Waals surface area contributed by atoms with Crippen molar-refractivity contribution in [3.63, 3.8) is 0 Å². The van der Waals surface area contributed by atoms with Crippen LogP contribution in [-0.4, -0.2) is 54.9 Å². The fourth-order valence-corrected chi connectivity index (χ4v) is 4.37. The monoisotopic (exact) mass is 424 g/mol. The first-order valence-electron chi connectivity index (χ1n) is 11.2. The molecule has 1 amide bonds. The third-order valence-electron chi connectivity index (χ3n) is 6.04. The van der Waals surface area contributed by atoms with E-state index in [4.69, 9.17) is 9.47 Å². The van der Waals surface area contributed by atoms with E-state index in [0.29, 0.717) is 18.2 Å². The number of ether oxygens (including phenoxy) is 2. The van der Waals surface area contributed by atoms with E-state index in [-0.39, 0.29) is 19.1 Å². The van der Waals surface area contributed by atoms with Gasteiger partial charge in [0.05, 0.1) is 6.10 Å². The molecular weight excluding hydrogens is 392 g/mol. The average molecular weight is 425 g/mol. The zero-order valence-electron chi connectivity index (χ0n) is 18.0. The minimum absolute atomic E-state index is 0.0530. The number of carbonyl (C=O) groups excluding carboxylic acids is 1. The van der Waals surface area contributed by atoms with E-state index in [1.165, 1.54) is 16.7 Å². The lowest BCUT2D eigenvalue weighted by Gasteiger charge is -2.22. The molecule has 0 saturated carbocycles. The van der Waals surface area contributed by atoms with Gasteiger partial charge in [0.2, 0.25) is 0 Å². The van der Waals surface area contributed by atoms with Crippen LogP contribution >= 0.6 is 0 Å². The number of carbonyl (C=O) groups is 1. The van der Waals surface area contributed by atoms with Crippen LogP contribution in [-0.2, 0) is 29.0 Å². The van der Waals surface area contributed by atoms with E-state index >= 15 is 0 Å². The van der Waals surface area contributed by atoms with Crippen LogP contribution in [0.3, 0.4) is 0 Å². The lowest BCUT2D eigenvalue weighted by Crippen LogP contribution is -2.40. The fourth-order valence-electron chi connectivity index (χ4n) is 4.37. The van der Waals surface area contributed by atoms with Gasteiger partial charge in [-0.3, -0.25) is 9.69 Å². The minimum atomic E-state index is -0.610. The van der Waals surface area contributed by atoms with Crippen molar-refractivity contribution in [2.75, 3.05) is 32.9 Å². The van der Waals surface area contributed by atoms with Crippen molar-refractivity contribution in [2.24, 2.45) is 5.92 Å². The van der Waals surface area contributed by atoms with Crippen molar-refractivity contribution < 1.29 is 19.4 Å². The van der Waals surface area contributed by atoms with Crippen LogP contribution in [0.15, 0.2) is 48.5 Å². The van der Waals surface area contributed by atoms with Gasteiger partial charge in [0.15, 0.2) is 6.61 Å². The number of hydrogen-bond acceptors (Lipinski definition) is 5. The van der Waals surface area contributed by atoms with Gasteiger partial charge in [-0.2, -0.15) is 0 Å². The molecule has 0 aromatic heterocycles. The van der Waals surface area contributed by atoms with Crippen molar-refractivity contribution in [2.45, 2.75) is 38.5 Å². The highest BCUT2D eigenvalue weighted by Gasteiger charge is 2.21. The maximum absolute atomic E-state index is 12.2. The van der Waals surface area contributed by atoms with Crippen LogP contribution in [0.1, 0.15) is 29.5 Å². The predicted octanol–water partition coefficient (Wildman–Crippen LogP) is 2.53. The Bertz CT molecular complexity index is 841. The number of aliphatic hydroxyl groups excluding tert-OH is 1. The second kappa shape index (κ2) is 10.8. The van der Waals surface area contributed by atoms with Gasteiger partial charge in [0, 0.05) is 39.4 Å². The standard InChI is InChI=1S/C25H32N2O4/c28-23(17-27-15-21-5-1-2-6-22(21)16-27)14-26-25(29)18-31-24-7-3-4-20(13-24)12-19-8-10-30-11-9-19/h1-7,13,19,23,28H,8-12,14-18H2,(H,26,29)/t23-/m1/s1. The Morgan fingerprint density at radius 3 is 2.61 bits per heavy atom. The summed E-state index contributed by atoms with van der Waals surface area (Å²) < 4.78 is 11.1. The molecule has 6 nitrogen and oxygen atoms in total. The molecule has 6 heteroatoms. The summed E-state index contributed by atoms with van der Waals surface area (Å²) >= 11 is 0. The smallest absolute Gasteiger partial charge is 0.258 e. The van der Waals surface area contributed by atoms with E-state index in [1.807, 2.05) is 30.3 Å². The normalized spacial score (nSPS) is 17.8. The molecule has 1 fully saturated rings. The highest BCUT2D eigenvalue weighted by atomic mass is 16.5. The predicted molar refractivity (Wildman–Crippen MR) is 119 cm³/mol. The lowest BCUT2D eigenvalue weighted by atomic mass is 9.92. The molecule has 2 aliphatic heterocycles. The SMILES string of the molecule is O=C(COc1cccc(CC2CCOCC2)c1)NC[C@@H](O)CN1Cc2ccccc2C1. The minimum Gasteiger partial charge on any atom is -0.484 e. The van der Waals surface area contributed by atoms with E-state index < -0.39 is 6.10 Å². The Morgan fingerprint density at radius 1 is 1.13 bits per heavy atom. The van der Waals surface area contributed by atoms with Gasteiger partial charge in [-0.15, -0.1) is 0 Å². The molecule has 2 aromatic rings. The Hall–Kier alpha value is -2.41. The third-order valence-corrected chi connectivity index (χ3v) is 6.04. The summed E-state index contributed by atoms with van der Waals surface area (Å²) in [4.78, 5) is 14.4. The molecule has 31 heavy (non-hydrogen) atoms. The summed E-state index contributed by atoms with van der Waals surface area (Å²) in [6.07, 6.45) is 2.60. The molecule has 2 aromatic carbocycles. The largest absolute Gasteiger partial charge is 0.484 e. The molecular formula is C25H32N2O4. The maximum Gasteiger partial charge on any atom is 0.258 e. The first kappa shape index (κ1) is 21.8. The van der Waals surface area contributed by atoms with Gasteiger partial charge >= 0.3 is 0 Å². The van der Waals surface area contributed by atoms with E-state index in [1.54, 1.807) is 0 Å². The molecule has 2 N–H and O–H groups in total. The highest BCUT2D eigenvalue weighted by molar-refractivity contribution is 5.77. The van der Waals surface area contributed by atoms with Crippen LogP contribution in [0.25, 0.3) is 0 Å². The molecule has 1 atom stereocenters. The molecule has 2 aliphatic rings. The first-order valence-corrected chi connectivity index (χ1v) is 11.2.